The number of para-hydroxylation sites is 1. The quantitative estimate of drug-likeness (QED) is 0.317. The summed E-state index contributed by atoms with van der Waals surface area (Å²) in [4.78, 5) is 52.2. The summed E-state index contributed by atoms with van der Waals surface area (Å²) in [6, 6.07) is 7.47. The van der Waals surface area contributed by atoms with E-state index in [9.17, 15) is 14.4 Å². The van der Waals surface area contributed by atoms with Crippen LogP contribution < -0.4 is 27.2 Å². The lowest BCUT2D eigenvalue weighted by atomic mass is 10.1. The lowest BCUT2D eigenvalue weighted by Crippen LogP contribution is -2.44. The minimum atomic E-state index is -0.551. The Morgan fingerprint density at radius 3 is 2.74 bits per heavy atom. The van der Waals surface area contributed by atoms with Crippen LogP contribution in [0.15, 0.2) is 40.1 Å². The Morgan fingerprint density at radius 2 is 2.00 bits per heavy atom. The number of nitrogens with one attached hydrogen (secondary N) is 1. The van der Waals surface area contributed by atoms with Crippen LogP contribution in [0.4, 0.5) is 5.82 Å². The molecule has 3 aromatic heterocycles. The van der Waals surface area contributed by atoms with Gasteiger partial charge in [0.05, 0.1) is 24.2 Å². The second-order valence-corrected chi connectivity index (χ2v) is 9.82. The van der Waals surface area contributed by atoms with E-state index in [0.717, 1.165) is 28.3 Å². The van der Waals surface area contributed by atoms with E-state index >= 15 is 0 Å². The predicted octanol–water partition coefficient (Wildman–Crippen LogP) is 0.817. The maximum atomic E-state index is 14.0. The molecule has 1 aliphatic heterocycles. The normalized spacial score (nSPS) is 15.8. The number of rotatable bonds is 8. The number of benzene rings is 1. The molecule has 1 fully saturated rings. The van der Waals surface area contributed by atoms with Crippen molar-refractivity contribution < 1.29 is 9.53 Å². The van der Waals surface area contributed by atoms with Crippen LogP contribution >= 0.6 is 0 Å². The number of carbonyl (C=O) groups is 1. The van der Waals surface area contributed by atoms with Gasteiger partial charge in [0.2, 0.25) is 0 Å². The number of aryl methyl sites for hydroxylation is 2. The van der Waals surface area contributed by atoms with E-state index in [1.807, 2.05) is 35.8 Å². The van der Waals surface area contributed by atoms with Gasteiger partial charge in [0.25, 0.3) is 11.5 Å². The summed E-state index contributed by atoms with van der Waals surface area (Å²) in [7, 11) is 3.14. The fraction of sp³-hybridized carbons (Fsp3) is 0.444. The Bertz CT molecular complexity index is 1650. The van der Waals surface area contributed by atoms with Gasteiger partial charge in [-0.3, -0.25) is 18.7 Å². The highest BCUT2D eigenvalue weighted by Gasteiger charge is 2.32. The molecule has 1 saturated heterocycles. The van der Waals surface area contributed by atoms with E-state index in [2.05, 4.69) is 20.2 Å². The molecule has 0 aliphatic carbocycles. The summed E-state index contributed by atoms with van der Waals surface area (Å²) in [5.41, 5.74) is 6.86. The first kappa shape index (κ1) is 26.6. The van der Waals surface area contributed by atoms with Crippen molar-refractivity contribution in [2.24, 2.45) is 12.8 Å². The summed E-state index contributed by atoms with van der Waals surface area (Å²) >= 11 is 0. The fourth-order valence-electron chi connectivity index (χ4n) is 5.40. The van der Waals surface area contributed by atoms with Gasteiger partial charge in [-0.2, -0.15) is 0 Å². The molecule has 0 saturated carbocycles. The number of carbonyl (C=O) groups excluding carboxylic acids is 1. The average molecular weight is 535 g/mol. The van der Waals surface area contributed by atoms with Gasteiger partial charge in [0, 0.05) is 58.0 Å². The Hall–Kier alpha value is -4.03. The van der Waals surface area contributed by atoms with Gasteiger partial charge in [0.15, 0.2) is 0 Å². The van der Waals surface area contributed by atoms with E-state index in [0.29, 0.717) is 49.0 Å². The summed E-state index contributed by atoms with van der Waals surface area (Å²) in [5, 5.41) is 3.74. The molecular weight excluding hydrogens is 500 g/mol. The van der Waals surface area contributed by atoms with Crippen LogP contribution in [0.5, 0.6) is 0 Å². The van der Waals surface area contributed by atoms with E-state index in [1.54, 1.807) is 20.4 Å². The molecule has 39 heavy (non-hydrogen) atoms. The Labute approximate surface area is 225 Å². The molecule has 12 nitrogen and oxygen atoms in total. The van der Waals surface area contributed by atoms with E-state index in [-0.39, 0.29) is 30.6 Å². The first-order valence-corrected chi connectivity index (χ1v) is 13.2. The number of aromatic nitrogens is 5. The minimum absolute atomic E-state index is 0.0583. The smallest absolute Gasteiger partial charge is 0.331 e. The zero-order chi connectivity index (χ0) is 27.7. The van der Waals surface area contributed by atoms with Crippen LogP contribution in [0.1, 0.15) is 35.9 Å². The van der Waals surface area contributed by atoms with Gasteiger partial charge in [-0.1, -0.05) is 18.2 Å². The molecule has 206 valence electrons. The van der Waals surface area contributed by atoms with Crippen molar-refractivity contribution in [2.75, 3.05) is 38.3 Å². The first-order chi connectivity index (χ1) is 18.8. The summed E-state index contributed by atoms with van der Waals surface area (Å²) < 4.78 is 9.44. The van der Waals surface area contributed by atoms with Crippen LogP contribution in [0.25, 0.3) is 21.9 Å². The maximum Gasteiger partial charge on any atom is 0.331 e. The molecule has 0 unspecified atom stereocenters. The molecule has 1 aliphatic rings. The number of piperidine rings is 1. The molecule has 4 heterocycles. The minimum Gasteiger partial charge on any atom is -0.383 e. The van der Waals surface area contributed by atoms with Gasteiger partial charge in [-0.15, -0.1) is 0 Å². The summed E-state index contributed by atoms with van der Waals surface area (Å²) in [5.74, 6) is 0.578. The van der Waals surface area contributed by atoms with Crippen LogP contribution in [0.2, 0.25) is 0 Å². The molecule has 1 atom stereocenters. The van der Waals surface area contributed by atoms with Crippen molar-refractivity contribution in [3.8, 4) is 0 Å². The topological polar surface area (TPSA) is 142 Å². The third-order valence-corrected chi connectivity index (χ3v) is 7.24. The second kappa shape index (κ2) is 11.0. The molecule has 0 bridgehead atoms. The molecule has 1 aromatic carbocycles. The van der Waals surface area contributed by atoms with E-state index in [4.69, 9.17) is 10.5 Å². The molecular formula is C27H34N8O4. The van der Waals surface area contributed by atoms with Crippen molar-refractivity contribution in [1.29, 1.82) is 0 Å². The van der Waals surface area contributed by atoms with Crippen molar-refractivity contribution in [3.63, 3.8) is 0 Å². The number of amides is 1. The van der Waals surface area contributed by atoms with Gasteiger partial charge >= 0.3 is 5.69 Å². The molecule has 3 N–H and O–H groups in total. The number of hydrogen-bond donors (Lipinski definition) is 2. The highest BCUT2D eigenvalue weighted by molar-refractivity contribution is 6.11. The Balaban J connectivity index is 1.72. The Kier molecular flexibility index (Phi) is 7.49. The zero-order valence-electron chi connectivity index (χ0n) is 22.5. The van der Waals surface area contributed by atoms with Crippen LogP contribution in [-0.2, 0) is 24.9 Å². The number of hydrogen-bond acceptors (Lipinski definition) is 8. The molecule has 12 heteroatoms. The van der Waals surface area contributed by atoms with Crippen LogP contribution in [0, 0.1) is 0 Å². The largest absolute Gasteiger partial charge is 0.383 e. The van der Waals surface area contributed by atoms with Crippen molar-refractivity contribution in [2.45, 2.75) is 38.9 Å². The SMILES string of the molecule is CCn1c(N2CCC[C@@H](N)C2)c(C(=O)NCCOC)c2c1c(=O)n(Cc1ncc3ccccc3n1)c(=O)n2C. The molecule has 0 radical (unpaired) electrons. The van der Waals surface area contributed by atoms with Gasteiger partial charge < -0.3 is 25.3 Å². The van der Waals surface area contributed by atoms with Crippen molar-refractivity contribution in [1.82, 2.24) is 29.0 Å². The predicted molar refractivity (Wildman–Crippen MR) is 149 cm³/mol. The van der Waals surface area contributed by atoms with Gasteiger partial charge in [-0.25, -0.2) is 14.8 Å². The number of ether oxygens (including phenoxy) is 1. The number of fused-ring (bicyclic) bond motifs is 2. The fourth-order valence-corrected chi connectivity index (χ4v) is 5.40. The maximum absolute atomic E-state index is 14.0. The highest BCUT2D eigenvalue weighted by atomic mass is 16.5. The molecule has 4 aromatic rings. The van der Waals surface area contributed by atoms with Gasteiger partial charge in [-0.05, 0) is 25.8 Å². The number of nitrogens with zero attached hydrogens (tertiary/aromatic N) is 6. The van der Waals surface area contributed by atoms with Crippen LogP contribution in [-0.4, -0.2) is 69.0 Å². The van der Waals surface area contributed by atoms with E-state index < -0.39 is 11.2 Å². The second-order valence-electron chi connectivity index (χ2n) is 9.82. The van der Waals surface area contributed by atoms with Gasteiger partial charge in [0.1, 0.15) is 22.7 Å². The lowest BCUT2D eigenvalue weighted by molar-refractivity contribution is 0.0938. The first-order valence-electron chi connectivity index (χ1n) is 13.2. The summed E-state index contributed by atoms with van der Waals surface area (Å²) in [6.45, 7) is 4.10. The molecule has 1 amide bonds. The van der Waals surface area contributed by atoms with E-state index in [1.165, 1.54) is 4.57 Å². The Morgan fingerprint density at radius 1 is 1.21 bits per heavy atom. The monoisotopic (exact) mass is 534 g/mol. The zero-order valence-corrected chi connectivity index (χ0v) is 22.5. The van der Waals surface area contributed by atoms with Crippen molar-refractivity contribution in [3.05, 3.63) is 62.7 Å². The number of nitrogens with two attached hydrogens (primary N) is 1. The molecule has 0 spiro atoms. The van der Waals surface area contributed by atoms with Crippen LogP contribution in [0.3, 0.4) is 0 Å². The van der Waals surface area contributed by atoms with Crippen molar-refractivity contribution >= 4 is 33.7 Å². The summed E-state index contributed by atoms with van der Waals surface area (Å²) in [6.07, 6.45) is 3.43. The lowest BCUT2D eigenvalue weighted by Gasteiger charge is -2.33. The number of methoxy groups -OCH3 is 1. The standard InChI is InChI=1S/C27H34N8O4/c1-4-34-23-22(21(24(36)29-11-13-39-3)25(34)33-12-7-9-18(28)15-33)32(2)27(38)35(26(23)37)16-20-30-14-17-8-5-6-10-19(17)31-20/h5-6,8,10,14,18H,4,7,9,11-13,15-16,28H2,1-3H3,(H,29,36)/t18-/m1/s1. The molecule has 5 rings (SSSR count). The third-order valence-electron chi connectivity index (χ3n) is 7.24. The third kappa shape index (κ3) is 4.81. The number of anilines is 1. The average Bonchev–Trinajstić information content (AvgIpc) is 3.30. The highest BCUT2D eigenvalue weighted by Crippen LogP contribution is 2.32.